The molecule has 0 aromatic heterocycles. The van der Waals surface area contributed by atoms with Crippen LogP contribution in [0.25, 0.3) is 0 Å². The maximum absolute atomic E-state index is 9.18. The highest BCUT2D eigenvalue weighted by Crippen LogP contribution is 2.26. The van der Waals surface area contributed by atoms with E-state index in [4.69, 9.17) is 18.9 Å². The molecule has 15 heavy (non-hydrogen) atoms. The Labute approximate surface area is 90.3 Å². The largest absolute Gasteiger partial charge is 0.394 e. The van der Waals surface area contributed by atoms with Crippen molar-refractivity contribution in [2.24, 2.45) is 0 Å². The molecule has 0 aromatic carbocycles. The van der Waals surface area contributed by atoms with E-state index < -0.39 is 0 Å². The van der Waals surface area contributed by atoms with Crippen molar-refractivity contribution in [3.05, 3.63) is 0 Å². The van der Waals surface area contributed by atoms with Gasteiger partial charge in [-0.25, -0.2) is 0 Å². The zero-order valence-corrected chi connectivity index (χ0v) is 9.67. The average Bonchev–Trinajstić information content (AvgIpc) is 2.27. The van der Waals surface area contributed by atoms with E-state index in [2.05, 4.69) is 0 Å². The Morgan fingerprint density at radius 2 is 1.53 bits per heavy atom. The molecule has 0 amide bonds. The number of hydrogen-bond acceptors (Lipinski definition) is 5. The summed E-state index contributed by atoms with van der Waals surface area (Å²) in [4.78, 5) is 0. The van der Waals surface area contributed by atoms with Crippen LogP contribution in [0.3, 0.4) is 0 Å². The molecule has 0 aromatic rings. The fourth-order valence-electron chi connectivity index (χ4n) is 2.12. The molecular formula is C10H20O5. The standard InChI is InChI=1S/C10H20O5/c1-6-8(12-2)10(14-4)9(13-3)7(5-11)15-6/h6-11H,5H2,1-4H3/t6?,7?,8?,9-,10?/m0/s1. The average molecular weight is 220 g/mol. The van der Waals surface area contributed by atoms with Crippen molar-refractivity contribution in [1.82, 2.24) is 0 Å². The Bertz CT molecular complexity index is 187. The highest BCUT2D eigenvalue weighted by Gasteiger charge is 2.44. The van der Waals surface area contributed by atoms with Crippen molar-refractivity contribution in [2.75, 3.05) is 27.9 Å². The van der Waals surface area contributed by atoms with E-state index in [1.165, 1.54) is 0 Å². The van der Waals surface area contributed by atoms with Gasteiger partial charge in [0.15, 0.2) is 0 Å². The molecule has 90 valence electrons. The highest BCUT2D eigenvalue weighted by atomic mass is 16.6. The first kappa shape index (κ1) is 12.9. The Morgan fingerprint density at radius 3 is 1.93 bits per heavy atom. The molecule has 1 aliphatic heterocycles. The van der Waals surface area contributed by atoms with E-state index >= 15 is 0 Å². The Morgan fingerprint density at radius 1 is 1.00 bits per heavy atom. The molecule has 1 saturated heterocycles. The number of aliphatic hydroxyl groups is 1. The molecule has 5 heteroatoms. The lowest BCUT2D eigenvalue weighted by molar-refractivity contribution is -0.243. The molecule has 1 fully saturated rings. The summed E-state index contributed by atoms with van der Waals surface area (Å²) in [5, 5.41) is 9.18. The van der Waals surface area contributed by atoms with Gasteiger partial charge in [0, 0.05) is 21.3 Å². The van der Waals surface area contributed by atoms with Gasteiger partial charge in [0.1, 0.15) is 24.4 Å². The summed E-state index contributed by atoms with van der Waals surface area (Å²) >= 11 is 0. The lowest BCUT2D eigenvalue weighted by Crippen LogP contribution is -2.59. The fraction of sp³-hybridized carbons (Fsp3) is 1.00. The van der Waals surface area contributed by atoms with Gasteiger partial charge in [-0.3, -0.25) is 0 Å². The summed E-state index contributed by atoms with van der Waals surface area (Å²) in [6.07, 6.45) is -1.19. The van der Waals surface area contributed by atoms with Crippen LogP contribution in [-0.4, -0.2) is 63.6 Å². The van der Waals surface area contributed by atoms with Gasteiger partial charge in [0.05, 0.1) is 12.7 Å². The van der Waals surface area contributed by atoms with E-state index in [0.29, 0.717) is 0 Å². The molecule has 5 nitrogen and oxygen atoms in total. The zero-order valence-electron chi connectivity index (χ0n) is 9.67. The minimum absolute atomic E-state index is 0.0842. The third-order valence-electron chi connectivity index (χ3n) is 2.86. The summed E-state index contributed by atoms with van der Waals surface area (Å²) in [5.74, 6) is 0. The minimum Gasteiger partial charge on any atom is -0.394 e. The Hall–Kier alpha value is -0.200. The van der Waals surface area contributed by atoms with Crippen molar-refractivity contribution in [3.8, 4) is 0 Å². The van der Waals surface area contributed by atoms with Gasteiger partial charge in [0.2, 0.25) is 0 Å². The van der Waals surface area contributed by atoms with Crippen LogP contribution in [0.2, 0.25) is 0 Å². The van der Waals surface area contributed by atoms with Gasteiger partial charge < -0.3 is 24.1 Å². The van der Waals surface area contributed by atoms with Crippen LogP contribution in [0.1, 0.15) is 6.92 Å². The van der Waals surface area contributed by atoms with Crippen LogP contribution in [0.5, 0.6) is 0 Å². The highest BCUT2D eigenvalue weighted by molar-refractivity contribution is 4.93. The first-order valence-corrected chi connectivity index (χ1v) is 5.04. The predicted molar refractivity (Wildman–Crippen MR) is 53.8 cm³/mol. The van der Waals surface area contributed by atoms with Crippen molar-refractivity contribution < 1.29 is 24.1 Å². The second-order valence-electron chi connectivity index (χ2n) is 3.66. The fourth-order valence-corrected chi connectivity index (χ4v) is 2.12. The lowest BCUT2D eigenvalue weighted by Gasteiger charge is -2.43. The van der Waals surface area contributed by atoms with Crippen LogP contribution in [0, 0.1) is 0 Å². The predicted octanol–water partition coefficient (Wildman–Crippen LogP) is -0.189. The summed E-state index contributed by atoms with van der Waals surface area (Å²) in [7, 11) is 4.79. The normalized spacial score (nSPS) is 41.8. The molecule has 1 heterocycles. The molecule has 0 bridgehead atoms. The van der Waals surface area contributed by atoms with Crippen molar-refractivity contribution in [3.63, 3.8) is 0 Å². The van der Waals surface area contributed by atoms with Gasteiger partial charge in [-0.05, 0) is 6.92 Å². The maximum Gasteiger partial charge on any atom is 0.114 e. The summed E-state index contributed by atoms with van der Waals surface area (Å²) in [6, 6.07) is 0. The Kier molecular flexibility index (Phi) is 4.95. The summed E-state index contributed by atoms with van der Waals surface area (Å²) in [5.41, 5.74) is 0. The third-order valence-corrected chi connectivity index (χ3v) is 2.86. The molecule has 1 N–H and O–H groups in total. The second kappa shape index (κ2) is 5.77. The molecule has 4 unspecified atom stereocenters. The number of hydrogen-bond donors (Lipinski definition) is 1. The quantitative estimate of drug-likeness (QED) is 0.711. The van der Waals surface area contributed by atoms with Crippen LogP contribution < -0.4 is 0 Å². The van der Waals surface area contributed by atoms with Crippen LogP contribution in [0.4, 0.5) is 0 Å². The molecule has 0 radical (unpaired) electrons. The zero-order chi connectivity index (χ0) is 11.4. The van der Waals surface area contributed by atoms with Crippen LogP contribution in [-0.2, 0) is 18.9 Å². The van der Waals surface area contributed by atoms with Gasteiger partial charge in [-0.1, -0.05) is 0 Å². The first-order valence-electron chi connectivity index (χ1n) is 5.04. The lowest BCUT2D eigenvalue weighted by atomic mass is 9.95. The molecule has 0 saturated carbocycles. The maximum atomic E-state index is 9.18. The van der Waals surface area contributed by atoms with Gasteiger partial charge >= 0.3 is 0 Å². The first-order chi connectivity index (χ1) is 7.19. The minimum atomic E-state index is -0.360. The molecule has 0 aliphatic carbocycles. The van der Waals surface area contributed by atoms with E-state index in [1.54, 1.807) is 21.3 Å². The van der Waals surface area contributed by atoms with Crippen molar-refractivity contribution >= 4 is 0 Å². The molecular weight excluding hydrogens is 200 g/mol. The molecule has 5 atom stereocenters. The van der Waals surface area contributed by atoms with E-state index in [9.17, 15) is 5.11 Å². The SMILES string of the molecule is COC1C(C)OC(CO)[C@H](OC)C1OC. The summed E-state index contributed by atoms with van der Waals surface area (Å²) in [6.45, 7) is 1.81. The van der Waals surface area contributed by atoms with E-state index in [1.807, 2.05) is 6.92 Å². The third kappa shape index (κ3) is 2.49. The van der Waals surface area contributed by atoms with E-state index in [-0.39, 0.29) is 37.1 Å². The van der Waals surface area contributed by atoms with Crippen molar-refractivity contribution in [2.45, 2.75) is 37.4 Å². The molecule has 1 rings (SSSR count). The van der Waals surface area contributed by atoms with Gasteiger partial charge in [-0.15, -0.1) is 0 Å². The second-order valence-corrected chi connectivity index (χ2v) is 3.66. The molecule has 0 spiro atoms. The number of ether oxygens (including phenoxy) is 4. The Balaban J connectivity index is 2.80. The number of methoxy groups -OCH3 is 3. The number of rotatable bonds is 4. The monoisotopic (exact) mass is 220 g/mol. The van der Waals surface area contributed by atoms with Crippen LogP contribution in [0.15, 0.2) is 0 Å². The van der Waals surface area contributed by atoms with Crippen molar-refractivity contribution in [1.29, 1.82) is 0 Å². The smallest absolute Gasteiger partial charge is 0.114 e. The van der Waals surface area contributed by atoms with Crippen LogP contribution >= 0.6 is 0 Å². The number of aliphatic hydroxyl groups excluding tert-OH is 1. The summed E-state index contributed by atoms with van der Waals surface area (Å²) < 4.78 is 21.6. The van der Waals surface area contributed by atoms with E-state index in [0.717, 1.165) is 0 Å². The van der Waals surface area contributed by atoms with Gasteiger partial charge in [0.25, 0.3) is 0 Å². The topological polar surface area (TPSA) is 57.2 Å². The molecule has 1 aliphatic rings. The van der Waals surface area contributed by atoms with Gasteiger partial charge in [-0.2, -0.15) is 0 Å².